The Morgan fingerprint density at radius 3 is 2.29 bits per heavy atom. The van der Waals surface area contributed by atoms with Crippen LogP contribution in [0.25, 0.3) is 0 Å². The lowest BCUT2D eigenvalue weighted by Crippen LogP contribution is -1.98. The van der Waals surface area contributed by atoms with Crippen LogP contribution < -0.4 is 5.32 Å². The number of hydrogen-bond acceptors (Lipinski definition) is 5. The van der Waals surface area contributed by atoms with Crippen LogP contribution in [0, 0.1) is 0 Å². The van der Waals surface area contributed by atoms with Crippen LogP contribution in [-0.2, 0) is 12.3 Å². The van der Waals surface area contributed by atoms with Crippen LogP contribution in [0.2, 0.25) is 0 Å². The summed E-state index contributed by atoms with van der Waals surface area (Å²) < 4.78 is 4.37. The van der Waals surface area contributed by atoms with Gasteiger partial charge in [-0.15, -0.1) is 0 Å². The molecule has 0 unspecified atom stereocenters. The van der Waals surface area contributed by atoms with Gasteiger partial charge in [-0.1, -0.05) is 72.4 Å². The average Bonchev–Trinajstić information content (AvgIpc) is 3.01. The zero-order chi connectivity index (χ0) is 14.3. The van der Waals surface area contributed by atoms with E-state index in [1.165, 1.54) is 22.7 Å². The normalized spacial score (nSPS) is 10.5. The Morgan fingerprint density at radius 2 is 1.57 bits per heavy atom. The van der Waals surface area contributed by atoms with Crippen molar-refractivity contribution in [2.24, 2.45) is 0 Å². The highest BCUT2D eigenvalue weighted by Gasteiger charge is 2.04. The van der Waals surface area contributed by atoms with E-state index in [2.05, 4.69) is 51.1 Å². The molecule has 0 radical (unpaired) electrons. The monoisotopic (exact) mass is 313 g/mol. The van der Waals surface area contributed by atoms with Crippen molar-refractivity contribution in [1.82, 2.24) is 9.36 Å². The summed E-state index contributed by atoms with van der Waals surface area (Å²) in [7, 11) is 0. The molecule has 3 aromatic rings. The van der Waals surface area contributed by atoms with E-state index in [0.717, 1.165) is 22.6 Å². The van der Waals surface area contributed by atoms with Gasteiger partial charge in [-0.3, -0.25) is 0 Å². The minimum absolute atomic E-state index is 0.777. The van der Waals surface area contributed by atoms with Crippen LogP contribution in [0.3, 0.4) is 0 Å². The van der Waals surface area contributed by atoms with Crippen molar-refractivity contribution in [2.45, 2.75) is 17.5 Å². The lowest BCUT2D eigenvalue weighted by atomic mass is 10.2. The van der Waals surface area contributed by atoms with Crippen molar-refractivity contribution in [3.8, 4) is 0 Å². The molecule has 0 spiro atoms. The third-order valence-corrected chi connectivity index (χ3v) is 4.61. The van der Waals surface area contributed by atoms with Gasteiger partial charge >= 0.3 is 0 Å². The lowest BCUT2D eigenvalue weighted by molar-refractivity contribution is 1.05. The first-order chi connectivity index (χ1) is 10.4. The van der Waals surface area contributed by atoms with Gasteiger partial charge in [0.25, 0.3) is 0 Å². The molecule has 0 saturated carbocycles. The third kappa shape index (κ3) is 4.31. The maximum Gasteiger partial charge on any atom is 0.203 e. The Bertz CT molecular complexity index is 610. The molecule has 106 valence electrons. The molecule has 1 aromatic heterocycles. The maximum atomic E-state index is 4.50. The first kappa shape index (κ1) is 14.1. The predicted octanol–water partition coefficient (Wildman–Crippen LogP) is 4.44. The second kappa shape index (κ2) is 7.24. The molecule has 1 heterocycles. The molecule has 0 saturated heterocycles. The second-order valence-corrected chi connectivity index (χ2v) is 6.19. The molecule has 5 heteroatoms. The number of anilines is 1. The van der Waals surface area contributed by atoms with E-state index in [1.807, 2.05) is 24.3 Å². The lowest BCUT2D eigenvalue weighted by Gasteiger charge is -2.01. The summed E-state index contributed by atoms with van der Waals surface area (Å²) in [6.07, 6.45) is 0. The molecule has 0 aliphatic heterocycles. The van der Waals surface area contributed by atoms with Gasteiger partial charge in [-0.05, 0) is 11.1 Å². The minimum atomic E-state index is 0.777. The molecule has 3 rings (SSSR count). The van der Waals surface area contributed by atoms with Gasteiger partial charge in [0, 0.05) is 23.8 Å². The topological polar surface area (TPSA) is 37.8 Å². The number of thioether (sulfide) groups is 1. The summed E-state index contributed by atoms with van der Waals surface area (Å²) in [5, 5.41) is 5.01. The van der Waals surface area contributed by atoms with Gasteiger partial charge in [0.1, 0.15) is 0 Å². The SMILES string of the molecule is c1ccc(CNc2nc(SCc3ccccc3)ns2)cc1. The summed E-state index contributed by atoms with van der Waals surface area (Å²) in [4.78, 5) is 4.50. The van der Waals surface area contributed by atoms with Crippen LogP contribution in [-0.4, -0.2) is 9.36 Å². The van der Waals surface area contributed by atoms with Crippen molar-refractivity contribution >= 4 is 28.4 Å². The first-order valence-electron chi connectivity index (χ1n) is 6.68. The molecule has 1 N–H and O–H groups in total. The maximum absolute atomic E-state index is 4.50. The van der Waals surface area contributed by atoms with Crippen molar-refractivity contribution in [1.29, 1.82) is 0 Å². The third-order valence-electron chi connectivity index (χ3n) is 2.90. The van der Waals surface area contributed by atoms with E-state index >= 15 is 0 Å². The molecule has 0 aliphatic carbocycles. The van der Waals surface area contributed by atoms with Gasteiger partial charge in [0.2, 0.25) is 10.3 Å². The van der Waals surface area contributed by atoms with Crippen LogP contribution in [0.4, 0.5) is 5.13 Å². The fraction of sp³-hybridized carbons (Fsp3) is 0.125. The molecule has 2 aromatic carbocycles. The van der Waals surface area contributed by atoms with E-state index in [1.54, 1.807) is 11.8 Å². The van der Waals surface area contributed by atoms with Gasteiger partial charge in [-0.25, -0.2) is 0 Å². The van der Waals surface area contributed by atoms with E-state index in [0.29, 0.717) is 0 Å². The Labute approximate surface area is 132 Å². The Kier molecular flexibility index (Phi) is 4.86. The minimum Gasteiger partial charge on any atom is -0.356 e. The van der Waals surface area contributed by atoms with Crippen LogP contribution in [0.15, 0.2) is 65.8 Å². The van der Waals surface area contributed by atoms with Gasteiger partial charge in [-0.2, -0.15) is 9.36 Å². The molecule has 21 heavy (non-hydrogen) atoms. The van der Waals surface area contributed by atoms with Crippen LogP contribution >= 0.6 is 23.3 Å². The molecule has 0 amide bonds. The van der Waals surface area contributed by atoms with E-state index in [-0.39, 0.29) is 0 Å². The molecular formula is C16H15N3S2. The number of benzene rings is 2. The Hall–Kier alpha value is -1.85. The first-order valence-corrected chi connectivity index (χ1v) is 8.44. The van der Waals surface area contributed by atoms with Crippen molar-refractivity contribution in [3.05, 3.63) is 71.8 Å². The fourth-order valence-electron chi connectivity index (χ4n) is 1.84. The quantitative estimate of drug-likeness (QED) is 0.683. The van der Waals surface area contributed by atoms with Crippen LogP contribution in [0.5, 0.6) is 0 Å². The van der Waals surface area contributed by atoms with E-state index < -0.39 is 0 Å². The number of nitrogens with one attached hydrogen (secondary N) is 1. The highest BCUT2D eigenvalue weighted by atomic mass is 32.2. The van der Waals surface area contributed by atoms with E-state index in [4.69, 9.17) is 0 Å². The second-order valence-electron chi connectivity index (χ2n) is 4.50. The average molecular weight is 313 g/mol. The zero-order valence-electron chi connectivity index (χ0n) is 11.4. The summed E-state index contributed by atoms with van der Waals surface area (Å²) in [5.41, 5.74) is 2.53. The fourth-order valence-corrected chi connectivity index (χ4v) is 3.33. The highest BCUT2D eigenvalue weighted by Crippen LogP contribution is 2.23. The molecule has 0 fully saturated rings. The standard InChI is InChI=1S/C16H15N3S2/c1-3-7-13(8-4-1)11-17-15-18-16(19-21-15)20-12-14-9-5-2-6-10-14/h1-10H,11-12H2,(H,17,18,19). The summed E-state index contributed by atoms with van der Waals surface area (Å²) in [5.74, 6) is 0.899. The van der Waals surface area contributed by atoms with Gasteiger partial charge in [0.15, 0.2) is 0 Å². The largest absolute Gasteiger partial charge is 0.356 e. The number of hydrogen-bond donors (Lipinski definition) is 1. The van der Waals surface area contributed by atoms with Gasteiger partial charge in [0.05, 0.1) is 0 Å². The Morgan fingerprint density at radius 1 is 0.905 bits per heavy atom. The number of aromatic nitrogens is 2. The summed E-state index contributed by atoms with van der Waals surface area (Å²) in [6.45, 7) is 0.777. The molecule has 0 bridgehead atoms. The van der Waals surface area contributed by atoms with E-state index in [9.17, 15) is 0 Å². The highest BCUT2D eigenvalue weighted by molar-refractivity contribution is 7.98. The molecule has 3 nitrogen and oxygen atoms in total. The van der Waals surface area contributed by atoms with Crippen molar-refractivity contribution in [2.75, 3.05) is 5.32 Å². The number of rotatable bonds is 6. The zero-order valence-corrected chi connectivity index (χ0v) is 13.0. The van der Waals surface area contributed by atoms with Crippen molar-refractivity contribution < 1.29 is 0 Å². The molecular weight excluding hydrogens is 298 g/mol. The predicted molar refractivity (Wildman–Crippen MR) is 89.7 cm³/mol. The molecule has 0 aliphatic rings. The summed E-state index contributed by atoms with van der Waals surface area (Å²) in [6, 6.07) is 20.7. The molecule has 0 atom stereocenters. The van der Waals surface area contributed by atoms with Crippen molar-refractivity contribution in [3.63, 3.8) is 0 Å². The number of nitrogens with zero attached hydrogens (tertiary/aromatic N) is 2. The Balaban J connectivity index is 1.52. The summed E-state index contributed by atoms with van der Waals surface area (Å²) >= 11 is 3.08. The smallest absolute Gasteiger partial charge is 0.203 e. The van der Waals surface area contributed by atoms with Crippen LogP contribution in [0.1, 0.15) is 11.1 Å². The van der Waals surface area contributed by atoms with Gasteiger partial charge < -0.3 is 5.32 Å².